The van der Waals surface area contributed by atoms with Crippen molar-refractivity contribution in [1.82, 2.24) is 5.32 Å². The molecule has 1 unspecified atom stereocenters. The molecule has 7 nitrogen and oxygen atoms in total. The lowest BCUT2D eigenvalue weighted by molar-refractivity contribution is -0.176. The van der Waals surface area contributed by atoms with Gasteiger partial charge in [-0.05, 0) is 39.7 Å². The number of ether oxygens (including phenoxy) is 2. The second-order valence-electron chi connectivity index (χ2n) is 5.85. The zero-order chi connectivity index (χ0) is 16.4. The highest BCUT2D eigenvalue weighted by atomic mass is 16.6. The standard InChI is InChI=1S/C14H21NO6/c1-8-9(6-7-10(16)20-5)11(17)15-14(8,19)12(18)21-13(2,3)4/h19H,6-7H2,1-5H3,(H,15,17). The van der Waals surface area contributed by atoms with Crippen molar-refractivity contribution in [2.24, 2.45) is 0 Å². The zero-order valence-electron chi connectivity index (χ0n) is 12.9. The van der Waals surface area contributed by atoms with E-state index >= 15 is 0 Å². The minimum Gasteiger partial charge on any atom is -0.469 e. The van der Waals surface area contributed by atoms with Crippen molar-refractivity contribution in [3.05, 3.63) is 11.1 Å². The molecular formula is C14H21NO6. The number of esters is 2. The number of methoxy groups -OCH3 is 1. The molecule has 0 radical (unpaired) electrons. The van der Waals surface area contributed by atoms with Crippen LogP contribution in [-0.4, -0.2) is 41.4 Å². The Morgan fingerprint density at radius 1 is 1.33 bits per heavy atom. The highest BCUT2D eigenvalue weighted by molar-refractivity contribution is 6.04. The van der Waals surface area contributed by atoms with Crippen LogP contribution in [0.3, 0.4) is 0 Å². The van der Waals surface area contributed by atoms with Crippen molar-refractivity contribution in [3.63, 3.8) is 0 Å². The third-order valence-corrected chi connectivity index (χ3v) is 3.06. The van der Waals surface area contributed by atoms with Crippen molar-refractivity contribution >= 4 is 17.8 Å². The molecule has 0 aromatic carbocycles. The molecule has 1 aliphatic rings. The van der Waals surface area contributed by atoms with Crippen LogP contribution in [0.25, 0.3) is 0 Å². The van der Waals surface area contributed by atoms with Gasteiger partial charge in [0.1, 0.15) is 5.60 Å². The first-order chi connectivity index (χ1) is 9.51. The van der Waals surface area contributed by atoms with E-state index in [1.165, 1.54) is 14.0 Å². The average Bonchev–Trinajstić information content (AvgIpc) is 2.57. The molecule has 0 aliphatic carbocycles. The Labute approximate surface area is 123 Å². The largest absolute Gasteiger partial charge is 0.469 e. The minimum atomic E-state index is -2.18. The molecular weight excluding hydrogens is 278 g/mol. The highest BCUT2D eigenvalue weighted by Crippen LogP contribution is 2.30. The van der Waals surface area contributed by atoms with E-state index in [1.54, 1.807) is 20.8 Å². The number of nitrogens with one attached hydrogen (secondary N) is 1. The summed E-state index contributed by atoms with van der Waals surface area (Å²) in [4.78, 5) is 35.1. The second-order valence-corrected chi connectivity index (χ2v) is 5.85. The van der Waals surface area contributed by atoms with Crippen LogP contribution in [0.4, 0.5) is 0 Å². The molecule has 21 heavy (non-hydrogen) atoms. The third-order valence-electron chi connectivity index (χ3n) is 3.06. The van der Waals surface area contributed by atoms with Crippen molar-refractivity contribution in [2.75, 3.05) is 7.11 Å². The second kappa shape index (κ2) is 5.85. The molecule has 0 aromatic rings. The first kappa shape index (κ1) is 17.2. The first-order valence-electron chi connectivity index (χ1n) is 6.56. The lowest BCUT2D eigenvalue weighted by Crippen LogP contribution is -2.53. The van der Waals surface area contributed by atoms with E-state index in [1.807, 2.05) is 0 Å². The summed E-state index contributed by atoms with van der Waals surface area (Å²) in [6.07, 6.45) is 0.0659. The lowest BCUT2D eigenvalue weighted by atomic mass is 10.00. The molecule has 2 N–H and O–H groups in total. The number of carbonyl (C=O) groups is 3. The van der Waals surface area contributed by atoms with Gasteiger partial charge in [0.05, 0.1) is 7.11 Å². The van der Waals surface area contributed by atoms with Gasteiger partial charge in [-0.1, -0.05) is 0 Å². The molecule has 0 bridgehead atoms. The molecule has 1 heterocycles. The van der Waals surface area contributed by atoms with Crippen LogP contribution < -0.4 is 5.32 Å². The van der Waals surface area contributed by atoms with E-state index in [2.05, 4.69) is 10.1 Å². The number of rotatable bonds is 4. The van der Waals surface area contributed by atoms with E-state index in [4.69, 9.17) is 4.74 Å². The summed E-state index contributed by atoms with van der Waals surface area (Å²) in [5, 5.41) is 12.6. The van der Waals surface area contributed by atoms with Gasteiger partial charge >= 0.3 is 11.9 Å². The van der Waals surface area contributed by atoms with Gasteiger partial charge in [0.2, 0.25) is 5.91 Å². The number of hydrogen-bond donors (Lipinski definition) is 2. The third kappa shape index (κ3) is 3.81. The summed E-state index contributed by atoms with van der Waals surface area (Å²) in [7, 11) is 1.25. The molecule has 0 saturated heterocycles. The molecule has 1 aliphatic heterocycles. The van der Waals surface area contributed by atoms with Gasteiger partial charge in [0.25, 0.3) is 5.72 Å². The maximum atomic E-state index is 12.1. The molecule has 1 rings (SSSR count). The molecule has 1 amide bonds. The molecule has 0 saturated carbocycles. The van der Waals surface area contributed by atoms with Crippen molar-refractivity contribution < 1.29 is 29.0 Å². The van der Waals surface area contributed by atoms with Gasteiger partial charge in [0, 0.05) is 12.0 Å². The topological polar surface area (TPSA) is 102 Å². The van der Waals surface area contributed by atoms with Gasteiger partial charge in [-0.25, -0.2) is 4.79 Å². The summed E-state index contributed by atoms with van der Waals surface area (Å²) < 4.78 is 9.61. The summed E-state index contributed by atoms with van der Waals surface area (Å²) in [5.74, 6) is -2.02. The van der Waals surface area contributed by atoms with Gasteiger partial charge in [-0.15, -0.1) is 0 Å². The molecule has 0 spiro atoms. The Morgan fingerprint density at radius 3 is 2.38 bits per heavy atom. The number of amides is 1. The number of carbonyl (C=O) groups excluding carboxylic acids is 3. The smallest absolute Gasteiger partial charge is 0.364 e. The Hall–Kier alpha value is -1.89. The molecule has 118 valence electrons. The van der Waals surface area contributed by atoms with Gasteiger partial charge in [-0.2, -0.15) is 0 Å². The highest BCUT2D eigenvalue weighted by Gasteiger charge is 2.49. The van der Waals surface area contributed by atoms with Crippen LogP contribution in [0.2, 0.25) is 0 Å². The quantitative estimate of drug-likeness (QED) is 0.729. The van der Waals surface area contributed by atoms with Gasteiger partial charge < -0.3 is 19.9 Å². The Morgan fingerprint density at radius 2 is 1.90 bits per heavy atom. The number of aliphatic hydroxyl groups is 1. The maximum absolute atomic E-state index is 12.1. The fourth-order valence-electron chi connectivity index (χ4n) is 1.91. The van der Waals surface area contributed by atoms with Crippen LogP contribution in [0, 0.1) is 0 Å². The predicted molar refractivity (Wildman–Crippen MR) is 72.9 cm³/mol. The van der Waals surface area contributed by atoms with Crippen LogP contribution in [0.1, 0.15) is 40.5 Å². The fourth-order valence-corrected chi connectivity index (χ4v) is 1.91. The van der Waals surface area contributed by atoms with Gasteiger partial charge in [-0.3, -0.25) is 9.59 Å². The molecule has 7 heteroatoms. The van der Waals surface area contributed by atoms with Crippen molar-refractivity contribution in [3.8, 4) is 0 Å². The maximum Gasteiger partial charge on any atom is 0.364 e. The summed E-state index contributed by atoms with van der Waals surface area (Å²) in [5.41, 5.74) is -2.65. The van der Waals surface area contributed by atoms with Gasteiger partial charge in [0.15, 0.2) is 0 Å². The Bertz CT molecular complexity index is 502. The van der Waals surface area contributed by atoms with E-state index in [0.29, 0.717) is 0 Å². The fraction of sp³-hybridized carbons (Fsp3) is 0.643. The van der Waals surface area contributed by atoms with E-state index in [-0.39, 0.29) is 24.0 Å². The Balaban J connectivity index is 2.95. The minimum absolute atomic E-state index is 0.0129. The molecule has 0 aromatic heterocycles. The predicted octanol–water partition coefficient (Wildman–Crippen LogP) is 0.416. The Kier molecular flexibility index (Phi) is 4.78. The lowest BCUT2D eigenvalue weighted by Gasteiger charge is -2.28. The van der Waals surface area contributed by atoms with E-state index in [9.17, 15) is 19.5 Å². The zero-order valence-corrected chi connectivity index (χ0v) is 12.9. The van der Waals surface area contributed by atoms with Crippen LogP contribution in [0.15, 0.2) is 11.1 Å². The van der Waals surface area contributed by atoms with E-state index in [0.717, 1.165) is 0 Å². The summed E-state index contributed by atoms with van der Waals surface area (Å²) >= 11 is 0. The van der Waals surface area contributed by atoms with Crippen molar-refractivity contribution in [1.29, 1.82) is 0 Å². The SMILES string of the molecule is COC(=O)CCC1=C(C)C(O)(C(=O)OC(C)(C)C)NC1=O. The monoisotopic (exact) mass is 299 g/mol. The normalized spacial score (nSPS) is 22.1. The number of hydrogen-bond acceptors (Lipinski definition) is 6. The first-order valence-corrected chi connectivity index (χ1v) is 6.56. The molecule has 0 fully saturated rings. The molecule has 1 atom stereocenters. The van der Waals surface area contributed by atoms with E-state index < -0.39 is 29.2 Å². The average molecular weight is 299 g/mol. The van der Waals surface area contributed by atoms with Crippen LogP contribution >= 0.6 is 0 Å². The summed E-state index contributed by atoms with van der Waals surface area (Å²) in [6.45, 7) is 6.42. The van der Waals surface area contributed by atoms with Crippen LogP contribution in [-0.2, 0) is 23.9 Å². The van der Waals surface area contributed by atoms with Crippen LogP contribution in [0.5, 0.6) is 0 Å². The van der Waals surface area contributed by atoms with Crippen molar-refractivity contribution in [2.45, 2.75) is 51.9 Å². The summed E-state index contributed by atoms with van der Waals surface area (Å²) in [6, 6.07) is 0.